The Morgan fingerprint density at radius 3 is 1.96 bits per heavy atom. The molecule has 0 atom stereocenters. The maximum atomic E-state index is 12.8. The van der Waals surface area contributed by atoms with Gasteiger partial charge in [0.25, 0.3) is 0 Å². The summed E-state index contributed by atoms with van der Waals surface area (Å²) < 4.78 is 0. The van der Waals surface area contributed by atoms with Gasteiger partial charge in [0.1, 0.15) is 0 Å². The van der Waals surface area contributed by atoms with Crippen LogP contribution in [0.1, 0.15) is 49.1 Å². The van der Waals surface area contributed by atoms with Gasteiger partial charge in [-0.05, 0) is 23.5 Å². The molecule has 23 heavy (non-hydrogen) atoms. The van der Waals surface area contributed by atoms with Gasteiger partial charge in [-0.3, -0.25) is 4.79 Å². The van der Waals surface area contributed by atoms with Crippen molar-refractivity contribution in [1.29, 1.82) is 0 Å². The lowest BCUT2D eigenvalue weighted by Gasteiger charge is -2.18. The quantitative estimate of drug-likeness (QED) is 0.835. The Kier molecular flexibility index (Phi) is 5.46. The van der Waals surface area contributed by atoms with Gasteiger partial charge in [-0.25, -0.2) is 0 Å². The number of rotatable bonds is 6. The van der Waals surface area contributed by atoms with Gasteiger partial charge in [0.05, 0.1) is 5.92 Å². The molecule has 1 saturated carbocycles. The lowest BCUT2D eigenvalue weighted by Crippen LogP contribution is -2.31. The van der Waals surface area contributed by atoms with Crippen LogP contribution in [-0.2, 0) is 4.79 Å². The van der Waals surface area contributed by atoms with Gasteiger partial charge < -0.3 is 5.32 Å². The zero-order valence-corrected chi connectivity index (χ0v) is 13.6. The molecule has 1 aliphatic carbocycles. The molecule has 1 N–H and O–H groups in total. The molecule has 0 aromatic heterocycles. The van der Waals surface area contributed by atoms with Gasteiger partial charge >= 0.3 is 0 Å². The Hall–Kier alpha value is -2.09. The maximum absolute atomic E-state index is 12.8. The molecule has 3 rings (SSSR count). The molecule has 0 aliphatic heterocycles. The number of carbonyl (C=O) groups is 1. The first-order chi connectivity index (χ1) is 11.3. The van der Waals surface area contributed by atoms with Crippen LogP contribution in [0.5, 0.6) is 0 Å². The fourth-order valence-electron chi connectivity index (χ4n) is 3.59. The minimum atomic E-state index is -0.221. The molecule has 2 aromatic carbocycles. The number of hydrogen-bond donors (Lipinski definition) is 1. The minimum absolute atomic E-state index is 0.111. The molecule has 2 aromatic rings. The average molecular weight is 307 g/mol. The third kappa shape index (κ3) is 4.22. The summed E-state index contributed by atoms with van der Waals surface area (Å²) >= 11 is 0. The normalized spacial score (nSPS) is 15.0. The van der Waals surface area contributed by atoms with Crippen molar-refractivity contribution in [3.8, 4) is 0 Å². The zero-order valence-electron chi connectivity index (χ0n) is 13.6. The molecule has 0 radical (unpaired) electrons. The van der Waals surface area contributed by atoms with Crippen LogP contribution in [0.25, 0.3) is 0 Å². The molecule has 1 amide bonds. The van der Waals surface area contributed by atoms with E-state index in [9.17, 15) is 4.79 Å². The van der Waals surface area contributed by atoms with Crippen LogP contribution in [0.2, 0.25) is 0 Å². The molecule has 1 aliphatic rings. The summed E-state index contributed by atoms with van der Waals surface area (Å²) in [6.45, 7) is 0.791. The van der Waals surface area contributed by atoms with Crippen LogP contribution in [-0.4, -0.2) is 12.5 Å². The van der Waals surface area contributed by atoms with E-state index in [4.69, 9.17) is 0 Å². The molecule has 2 nitrogen and oxygen atoms in total. The molecule has 0 spiro atoms. The van der Waals surface area contributed by atoms with E-state index in [1.165, 1.54) is 25.7 Å². The third-order valence-electron chi connectivity index (χ3n) is 4.85. The van der Waals surface area contributed by atoms with E-state index in [1.807, 2.05) is 60.7 Å². The highest BCUT2D eigenvalue weighted by atomic mass is 16.1. The summed E-state index contributed by atoms with van der Waals surface area (Å²) in [5, 5.41) is 3.17. The monoisotopic (exact) mass is 307 g/mol. The van der Waals surface area contributed by atoms with E-state index >= 15 is 0 Å². The molecule has 2 heteroatoms. The first-order valence-electron chi connectivity index (χ1n) is 8.72. The Morgan fingerprint density at radius 1 is 0.913 bits per heavy atom. The molecular weight excluding hydrogens is 282 g/mol. The van der Waals surface area contributed by atoms with Gasteiger partial charge in [-0.15, -0.1) is 0 Å². The SMILES string of the molecule is O=C(NCCC1CCCC1)C(c1ccccc1)c1ccccc1. The lowest BCUT2D eigenvalue weighted by molar-refractivity contribution is -0.121. The molecule has 0 heterocycles. The van der Waals surface area contributed by atoms with Crippen LogP contribution in [0.3, 0.4) is 0 Å². The van der Waals surface area contributed by atoms with Gasteiger partial charge in [0.15, 0.2) is 0 Å². The standard InChI is InChI=1S/C21H25NO/c23-21(22-16-15-17-9-7-8-10-17)20(18-11-3-1-4-12-18)19-13-5-2-6-14-19/h1-6,11-14,17,20H,7-10,15-16H2,(H,22,23). The van der Waals surface area contributed by atoms with Crippen molar-refractivity contribution in [2.75, 3.05) is 6.54 Å². The van der Waals surface area contributed by atoms with Crippen LogP contribution in [0.15, 0.2) is 60.7 Å². The highest BCUT2D eigenvalue weighted by molar-refractivity contribution is 5.87. The number of benzene rings is 2. The largest absolute Gasteiger partial charge is 0.355 e. The smallest absolute Gasteiger partial charge is 0.232 e. The Labute approximate surface area is 138 Å². The Balaban J connectivity index is 1.69. The summed E-state index contributed by atoms with van der Waals surface area (Å²) in [4.78, 5) is 12.8. The average Bonchev–Trinajstić information content (AvgIpc) is 3.10. The highest BCUT2D eigenvalue weighted by Gasteiger charge is 2.22. The van der Waals surface area contributed by atoms with Gasteiger partial charge in [-0.2, -0.15) is 0 Å². The third-order valence-corrected chi connectivity index (χ3v) is 4.85. The summed E-state index contributed by atoms with van der Waals surface area (Å²) in [5.74, 6) is 0.698. The van der Waals surface area contributed by atoms with Crippen molar-refractivity contribution in [3.05, 3.63) is 71.8 Å². The second-order valence-corrected chi connectivity index (χ2v) is 6.48. The topological polar surface area (TPSA) is 29.1 Å². The fourth-order valence-corrected chi connectivity index (χ4v) is 3.59. The number of amides is 1. The fraction of sp³-hybridized carbons (Fsp3) is 0.381. The second-order valence-electron chi connectivity index (χ2n) is 6.48. The zero-order chi connectivity index (χ0) is 15.9. The minimum Gasteiger partial charge on any atom is -0.355 e. The van der Waals surface area contributed by atoms with Crippen LogP contribution < -0.4 is 5.32 Å². The highest BCUT2D eigenvalue weighted by Crippen LogP contribution is 2.28. The van der Waals surface area contributed by atoms with Crippen molar-refractivity contribution in [2.24, 2.45) is 5.92 Å². The summed E-state index contributed by atoms with van der Waals surface area (Å²) in [7, 11) is 0. The van der Waals surface area contributed by atoms with E-state index in [0.717, 1.165) is 30.0 Å². The van der Waals surface area contributed by atoms with Gasteiger partial charge in [0.2, 0.25) is 5.91 Å². The second kappa shape index (κ2) is 7.96. The van der Waals surface area contributed by atoms with Gasteiger partial charge in [-0.1, -0.05) is 86.3 Å². The van der Waals surface area contributed by atoms with E-state index in [0.29, 0.717) is 0 Å². The first kappa shape index (κ1) is 15.8. The van der Waals surface area contributed by atoms with E-state index in [-0.39, 0.29) is 11.8 Å². The van der Waals surface area contributed by atoms with Crippen molar-refractivity contribution >= 4 is 5.91 Å². The summed E-state index contributed by atoms with van der Waals surface area (Å²) in [6, 6.07) is 20.1. The number of nitrogens with one attached hydrogen (secondary N) is 1. The summed E-state index contributed by atoms with van der Waals surface area (Å²) in [6.07, 6.45) is 6.49. The number of carbonyl (C=O) groups excluding carboxylic acids is 1. The number of hydrogen-bond acceptors (Lipinski definition) is 1. The Morgan fingerprint density at radius 2 is 1.43 bits per heavy atom. The summed E-state index contributed by atoms with van der Waals surface area (Å²) in [5.41, 5.74) is 2.11. The Bertz CT molecular complexity index is 563. The molecular formula is C21H25NO. The first-order valence-corrected chi connectivity index (χ1v) is 8.72. The van der Waals surface area contributed by atoms with E-state index < -0.39 is 0 Å². The van der Waals surface area contributed by atoms with Crippen molar-refractivity contribution in [1.82, 2.24) is 5.32 Å². The molecule has 0 unspecified atom stereocenters. The van der Waals surface area contributed by atoms with Crippen LogP contribution in [0.4, 0.5) is 0 Å². The lowest BCUT2D eigenvalue weighted by atomic mass is 9.90. The van der Waals surface area contributed by atoms with Crippen LogP contribution >= 0.6 is 0 Å². The predicted octanol–water partition coefficient (Wildman–Crippen LogP) is 4.52. The predicted molar refractivity (Wildman–Crippen MR) is 94.3 cm³/mol. The molecule has 120 valence electrons. The maximum Gasteiger partial charge on any atom is 0.232 e. The van der Waals surface area contributed by atoms with Crippen molar-refractivity contribution in [3.63, 3.8) is 0 Å². The molecule has 0 saturated heterocycles. The van der Waals surface area contributed by atoms with E-state index in [1.54, 1.807) is 0 Å². The molecule has 1 fully saturated rings. The van der Waals surface area contributed by atoms with E-state index in [2.05, 4.69) is 5.32 Å². The van der Waals surface area contributed by atoms with Crippen LogP contribution in [0, 0.1) is 5.92 Å². The van der Waals surface area contributed by atoms with Crippen molar-refractivity contribution < 1.29 is 4.79 Å². The van der Waals surface area contributed by atoms with Crippen molar-refractivity contribution in [2.45, 2.75) is 38.0 Å². The molecule has 0 bridgehead atoms. The van der Waals surface area contributed by atoms with Gasteiger partial charge in [0, 0.05) is 6.54 Å².